The number of terminal acetylenes is 1. The van der Waals surface area contributed by atoms with E-state index in [1.807, 2.05) is 0 Å². The summed E-state index contributed by atoms with van der Waals surface area (Å²) in [6, 6.07) is 6.43. The number of halogens is 1. The van der Waals surface area contributed by atoms with Crippen LogP contribution >= 0.6 is 27.7 Å². The van der Waals surface area contributed by atoms with Gasteiger partial charge in [-0.1, -0.05) is 34.0 Å². The molecule has 0 bridgehead atoms. The first kappa shape index (κ1) is 13.6. The summed E-state index contributed by atoms with van der Waals surface area (Å²) in [4.78, 5) is 0. The predicted octanol–water partition coefficient (Wildman–Crippen LogP) is 3.21. The third kappa shape index (κ3) is 5.07. The first-order valence-electron chi connectivity index (χ1n) is 5.21. The van der Waals surface area contributed by atoms with Gasteiger partial charge in [0, 0.05) is 23.3 Å². The normalized spacial score (nSPS) is 10.1. The number of benzene rings is 1. The average molecular weight is 298 g/mol. The van der Waals surface area contributed by atoms with Crippen molar-refractivity contribution in [1.29, 1.82) is 0 Å². The Bertz CT molecular complexity index is 371. The molecule has 0 saturated carbocycles. The summed E-state index contributed by atoms with van der Waals surface area (Å²) in [7, 11) is 0. The molecule has 0 unspecified atom stereocenters. The lowest BCUT2D eigenvalue weighted by Gasteiger charge is -2.06. The molecule has 0 aliphatic carbocycles. The minimum atomic E-state index is 0.805. The minimum Gasteiger partial charge on any atom is -0.312 e. The molecule has 1 aromatic carbocycles. The standard InChI is InChI=1S/C13H16BrNS/c1-3-7-16-8-6-15-10-12-4-5-13(14)11(2)9-12/h1,4-5,9,15H,6-8,10H2,2H3. The molecule has 0 amide bonds. The third-order valence-corrected chi connectivity index (χ3v) is 3.91. The van der Waals surface area contributed by atoms with Gasteiger partial charge >= 0.3 is 0 Å². The molecule has 0 saturated heterocycles. The van der Waals surface area contributed by atoms with E-state index in [-0.39, 0.29) is 0 Å². The average Bonchev–Trinajstić information content (AvgIpc) is 2.28. The molecule has 0 aromatic heterocycles. The first-order valence-corrected chi connectivity index (χ1v) is 7.15. The topological polar surface area (TPSA) is 12.0 Å². The van der Waals surface area contributed by atoms with E-state index >= 15 is 0 Å². The summed E-state index contributed by atoms with van der Waals surface area (Å²) in [6.45, 7) is 4.03. The molecule has 1 N–H and O–H groups in total. The number of hydrogen-bond acceptors (Lipinski definition) is 2. The highest BCUT2D eigenvalue weighted by Gasteiger charge is 1.96. The van der Waals surface area contributed by atoms with Crippen LogP contribution in [0.5, 0.6) is 0 Å². The van der Waals surface area contributed by atoms with Crippen LogP contribution in [0, 0.1) is 19.3 Å². The van der Waals surface area contributed by atoms with Crippen LogP contribution in [0.1, 0.15) is 11.1 Å². The van der Waals surface area contributed by atoms with Crippen LogP contribution in [-0.2, 0) is 6.54 Å². The van der Waals surface area contributed by atoms with Gasteiger partial charge in [-0.2, -0.15) is 0 Å². The van der Waals surface area contributed by atoms with Gasteiger partial charge in [0.1, 0.15) is 0 Å². The summed E-state index contributed by atoms with van der Waals surface area (Å²) >= 11 is 5.28. The Labute approximate surface area is 111 Å². The van der Waals surface area contributed by atoms with Gasteiger partial charge < -0.3 is 5.32 Å². The van der Waals surface area contributed by atoms with Gasteiger partial charge in [0.25, 0.3) is 0 Å². The van der Waals surface area contributed by atoms with Crippen LogP contribution in [-0.4, -0.2) is 18.1 Å². The Hall–Kier alpha value is -0.430. The Morgan fingerprint density at radius 3 is 3.00 bits per heavy atom. The highest BCUT2D eigenvalue weighted by molar-refractivity contribution is 9.10. The summed E-state index contributed by atoms with van der Waals surface area (Å²) in [5.74, 6) is 4.49. The summed E-state index contributed by atoms with van der Waals surface area (Å²) in [6.07, 6.45) is 5.17. The number of rotatable bonds is 6. The fraction of sp³-hybridized carbons (Fsp3) is 0.385. The van der Waals surface area contributed by atoms with Gasteiger partial charge in [-0.05, 0) is 24.1 Å². The Morgan fingerprint density at radius 1 is 1.50 bits per heavy atom. The van der Waals surface area contributed by atoms with E-state index in [0.29, 0.717) is 0 Å². The van der Waals surface area contributed by atoms with Gasteiger partial charge in [-0.15, -0.1) is 18.2 Å². The molecule has 0 spiro atoms. The largest absolute Gasteiger partial charge is 0.312 e. The zero-order valence-corrected chi connectivity index (χ0v) is 11.8. The Balaban J connectivity index is 2.22. The van der Waals surface area contributed by atoms with E-state index in [9.17, 15) is 0 Å². The molecule has 0 fully saturated rings. The number of hydrogen-bond donors (Lipinski definition) is 1. The van der Waals surface area contributed by atoms with Crippen molar-refractivity contribution in [2.75, 3.05) is 18.1 Å². The molecule has 1 nitrogen and oxygen atoms in total. The van der Waals surface area contributed by atoms with Crippen molar-refractivity contribution in [3.8, 4) is 12.3 Å². The van der Waals surface area contributed by atoms with Crippen LogP contribution in [0.2, 0.25) is 0 Å². The summed E-state index contributed by atoms with van der Waals surface area (Å²) < 4.78 is 1.17. The van der Waals surface area contributed by atoms with Gasteiger partial charge in [0.15, 0.2) is 0 Å². The fourth-order valence-electron chi connectivity index (χ4n) is 1.32. The molecule has 0 aliphatic rings. The Kier molecular flexibility index (Phi) is 6.63. The second-order valence-electron chi connectivity index (χ2n) is 3.52. The van der Waals surface area contributed by atoms with Crippen molar-refractivity contribution in [3.05, 3.63) is 33.8 Å². The van der Waals surface area contributed by atoms with Crippen LogP contribution in [0.3, 0.4) is 0 Å². The van der Waals surface area contributed by atoms with Gasteiger partial charge in [0.2, 0.25) is 0 Å². The lowest BCUT2D eigenvalue weighted by atomic mass is 10.1. The maximum absolute atomic E-state index is 5.17. The van der Waals surface area contributed by atoms with Crippen molar-refractivity contribution < 1.29 is 0 Å². The van der Waals surface area contributed by atoms with Crippen molar-refractivity contribution in [2.24, 2.45) is 0 Å². The van der Waals surface area contributed by atoms with Gasteiger partial charge in [0.05, 0.1) is 5.75 Å². The molecule has 0 atom stereocenters. The molecule has 1 rings (SSSR count). The lowest BCUT2D eigenvalue weighted by molar-refractivity contribution is 0.731. The van der Waals surface area contributed by atoms with Crippen LogP contribution in [0.25, 0.3) is 0 Å². The Morgan fingerprint density at radius 2 is 2.31 bits per heavy atom. The van der Waals surface area contributed by atoms with Gasteiger partial charge in [-0.25, -0.2) is 0 Å². The van der Waals surface area contributed by atoms with Crippen molar-refractivity contribution in [3.63, 3.8) is 0 Å². The summed E-state index contributed by atoms with van der Waals surface area (Å²) in [5.41, 5.74) is 2.60. The lowest BCUT2D eigenvalue weighted by Crippen LogP contribution is -2.16. The maximum atomic E-state index is 5.17. The molecule has 3 heteroatoms. The predicted molar refractivity (Wildman–Crippen MR) is 76.7 cm³/mol. The van der Waals surface area contributed by atoms with Crippen molar-refractivity contribution in [2.45, 2.75) is 13.5 Å². The smallest absolute Gasteiger partial charge is 0.0545 e. The SMILES string of the molecule is C#CCSCCNCc1ccc(Br)c(C)c1. The highest BCUT2D eigenvalue weighted by atomic mass is 79.9. The highest BCUT2D eigenvalue weighted by Crippen LogP contribution is 2.16. The molecular weight excluding hydrogens is 282 g/mol. The van der Waals surface area contributed by atoms with E-state index in [1.54, 1.807) is 11.8 Å². The quantitative estimate of drug-likeness (QED) is 0.639. The van der Waals surface area contributed by atoms with E-state index in [4.69, 9.17) is 6.42 Å². The van der Waals surface area contributed by atoms with E-state index in [0.717, 1.165) is 24.6 Å². The number of nitrogens with one attached hydrogen (secondary N) is 1. The van der Waals surface area contributed by atoms with Crippen LogP contribution < -0.4 is 5.32 Å². The number of thioether (sulfide) groups is 1. The number of aryl methyl sites for hydroxylation is 1. The molecule has 86 valence electrons. The summed E-state index contributed by atoms with van der Waals surface area (Å²) in [5, 5.41) is 3.40. The second-order valence-corrected chi connectivity index (χ2v) is 5.48. The molecule has 0 aliphatic heterocycles. The zero-order chi connectivity index (χ0) is 11.8. The van der Waals surface area contributed by atoms with Crippen molar-refractivity contribution in [1.82, 2.24) is 5.32 Å². The van der Waals surface area contributed by atoms with Crippen molar-refractivity contribution >= 4 is 27.7 Å². The molecule has 16 heavy (non-hydrogen) atoms. The van der Waals surface area contributed by atoms with Gasteiger partial charge in [-0.3, -0.25) is 0 Å². The van der Waals surface area contributed by atoms with E-state index in [2.05, 4.69) is 52.3 Å². The zero-order valence-electron chi connectivity index (χ0n) is 9.42. The first-order chi connectivity index (χ1) is 7.74. The molecular formula is C13H16BrNS. The van der Waals surface area contributed by atoms with E-state index < -0.39 is 0 Å². The van der Waals surface area contributed by atoms with Crippen LogP contribution in [0.15, 0.2) is 22.7 Å². The fourth-order valence-corrected chi connectivity index (χ4v) is 2.12. The minimum absolute atomic E-state index is 0.805. The third-order valence-electron chi connectivity index (χ3n) is 2.16. The molecule has 1 aromatic rings. The van der Waals surface area contributed by atoms with E-state index in [1.165, 1.54) is 15.6 Å². The van der Waals surface area contributed by atoms with Crippen LogP contribution in [0.4, 0.5) is 0 Å². The maximum Gasteiger partial charge on any atom is 0.0545 e. The molecule has 0 heterocycles. The monoisotopic (exact) mass is 297 g/mol. The second kappa shape index (κ2) is 7.78. The molecule has 0 radical (unpaired) electrons.